The molecule has 0 heterocycles. The molecule has 0 aromatic heterocycles. The Kier molecular flexibility index (Phi) is 25.8. The van der Waals surface area contributed by atoms with Gasteiger partial charge in [-0.25, -0.2) is 5.57 Å². The zero-order valence-corrected chi connectivity index (χ0v) is 20.4. The van der Waals surface area contributed by atoms with Crippen LogP contribution in [0.4, 0.5) is 0 Å². The summed E-state index contributed by atoms with van der Waals surface area (Å²) >= 11 is 0. The summed E-state index contributed by atoms with van der Waals surface area (Å²) in [6.45, 7) is 18.6. The molecule has 1 aliphatic carbocycles. The van der Waals surface area contributed by atoms with Gasteiger partial charge >= 0.3 is 25.8 Å². The van der Waals surface area contributed by atoms with E-state index in [-0.39, 0.29) is 46.2 Å². The van der Waals surface area contributed by atoms with E-state index in [0.717, 1.165) is 9.52 Å². The minimum absolute atomic E-state index is 0. The fraction of sp³-hybridized carbons (Fsp3) is 0.647. The van der Waals surface area contributed by atoms with Gasteiger partial charge in [0, 0.05) is 9.52 Å². The van der Waals surface area contributed by atoms with Crippen molar-refractivity contribution in [1.82, 2.24) is 0 Å². The Balaban J connectivity index is -0.0000000601. The van der Waals surface area contributed by atoms with Crippen molar-refractivity contribution in [3.8, 4) is 0 Å². The van der Waals surface area contributed by atoms with Gasteiger partial charge in [0.25, 0.3) is 0 Å². The Bertz CT molecular complexity index is 269. The molecule has 0 aliphatic heterocycles. The molecule has 1 aliphatic rings. The predicted molar refractivity (Wildman–Crippen MR) is 95.7 cm³/mol. The maximum atomic E-state index is 6.94. The third-order valence-corrected chi connectivity index (χ3v) is 2.24. The summed E-state index contributed by atoms with van der Waals surface area (Å²) in [6.07, 6.45) is 3.36. The van der Waals surface area contributed by atoms with Gasteiger partial charge in [-0.2, -0.15) is 11.1 Å². The summed E-state index contributed by atoms with van der Waals surface area (Å²) in [7, 11) is 0.750. The van der Waals surface area contributed by atoms with Crippen LogP contribution >= 0.6 is 0 Å². The van der Waals surface area contributed by atoms with Crippen LogP contribution in [0.25, 0.3) is 5.73 Å². The first-order valence-electron chi connectivity index (χ1n) is 6.31. The molecule has 1 N–H and O–H groups in total. The fourth-order valence-electron chi connectivity index (χ4n) is 1.16. The molecule has 0 spiro atoms. The minimum atomic E-state index is -0.250. The van der Waals surface area contributed by atoms with Crippen LogP contribution in [0.3, 0.4) is 0 Å². The molecule has 1 rings (SSSR count). The largest absolute Gasteiger partial charge is 4.00 e. The summed E-state index contributed by atoms with van der Waals surface area (Å²) in [4.78, 5) is 0. The first-order chi connectivity index (χ1) is 7.54. The van der Waals surface area contributed by atoms with E-state index in [0.29, 0.717) is 5.92 Å². The van der Waals surface area contributed by atoms with Crippen LogP contribution in [0.2, 0.25) is 13.1 Å². The van der Waals surface area contributed by atoms with E-state index in [4.69, 9.17) is 5.73 Å². The monoisotopic (exact) mass is 462 g/mol. The van der Waals surface area contributed by atoms with Crippen LogP contribution in [-0.4, -0.2) is 15.1 Å². The molecule has 20 heavy (non-hydrogen) atoms. The zero-order valence-electron chi connectivity index (χ0n) is 15.7. The number of hydrogen-bond acceptors (Lipinski definition) is 0. The number of rotatable bonds is 0. The van der Waals surface area contributed by atoms with Gasteiger partial charge in [-0.3, -0.25) is 6.08 Å². The van der Waals surface area contributed by atoms with Crippen LogP contribution < -0.4 is 0 Å². The van der Waals surface area contributed by atoms with Crippen molar-refractivity contribution < 1.29 is 25.8 Å². The summed E-state index contributed by atoms with van der Waals surface area (Å²) in [5.74, 6) is 0.560. The molecule has 1 atom stereocenters. The fourth-order valence-corrected chi connectivity index (χ4v) is 1.16. The van der Waals surface area contributed by atoms with Gasteiger partial charge < -0.3 is 20.6 Å². The first-order valence-corrected chi connectivity index (χ1v) is 8.62. The summed E-state index contributed by atoms with van der Waals surface area (Å²) in [5, 5.41) is 0. The normalized spacial score (nSPS) is 16.1. The maximum Gasteiger partial charge on any atom is 4.00 e. The van der Waals surface area contributed by atoms with Crippen molar-refractivity contribution >= 4 is 9.52 Å². The van der Waals surface area contributed by atoms with Crippen molar-refractivity contribution in [3.63, 3.8) is 0 Å². The molecule has 0 amide bonds. The van der Waals surface area contributed by atoms with Crippen LogP contribution in [0, 0.1) is 26.8 Å². The molecule has 0 aromatic rings. The van der Waals surface area contributed by atoms with Crippen LogP contribution in [0.15, 0.2) is 16.7 Å². The Morgan fingerprint density at radius 3 is 1.35 bits per heavy atom. The van der Waals surface area contributed by atoms with Gasteiger partial charge in [0.2, 0.25) is 0 Å². The first kappa shape index (κ1) is 32.5. The third-order valence-electron chi connectivity index (χ3n) is 2.24. The van der Waals surface area contributed by atoms with Crippen molar-refractivity contribution in [2.75, 3.05) is 0 Å². The molecular formula is C17H36HfNSi. The second-order valence-electron chi connectivity index (χ2n) is 5.63. The van der Waals surface area contributed by atoms with Crippen molar-refractivity contribution in [2.45, 2.75) is 67.1 Å². The zero-order chi connectivity index (χ0) is 14.2. The van der Waals surface area contributed by atoms with Crippen LogP contribution in [-0.2, 0) is 25.8 Å². The predicted octanol–water partition coefficient (Wildman–Crippen LogP) is 5.98. The standard InChI is InChI=1S/C9H13.C4H10N.C2H7Si.2CH3.Hf/c1-6-5-7(2)9(4)8(6)3;1-4(2,3)5;1-3-2;;;/h6H,1-4H3;5H,1-3H3;3H,1-2H3;2*1H3;/q2*-1;;2*-1;+4. The van der Waals surface area contributed by atoms with E-state index in [1.54, 1.807) is 0 Å². The summed E-state index contributed by atoms with van der Waals surface area (Å²) in [5.41, 5.74) is 10.9. The van der Waals surface area contributed by atoms with Crippen LogP contribution in [0.1, 0.15) is 48.5 Å². The second-order valence-corrected chi connectivity index (χ2v) is 6.78. The minimum Gasteiger partial charge on any atom is -0.673 e. The molecule has 1 unspecified atom stereocenters. The van der Waals surface area contributed by atoms with Gasteiger partial charge in [-0.15, -0.1) is 12.5 Å². The Labute approximate surface area is 151 Å². The van der Waals surface area contributed by atoms with Gasteiger partial charge in [0.1, 0.15) is 0 Å². The van der Waals surface area contributed by atoms with Crippen molar-refractivity contribution in [2.24, 2.45) is 5.92 Å². The van der Waals surface area contributed by atoms with Crippen molar-refractivity contribution in [3.05, 3.63) is 43.4 Å². The van der Waals surface area contributed by atoms with Crippen molar-refractivity contribution in [1.29, 1.82) is 0 Å². The summed E-state index contributed by atoms with van der Waals surface area (Å²) in [6, 6.07) is 0. The Morgan fingerprint density at radius 1 is 1.05 bits per heavy atom. The topological polar surface area (TPSA) is 23.8 Å². The molecular weight excluding hydrogens is 425 g/mol. The Hall–Kier alpha value is 0.527. The molecule has 0 saturated carbocycles. The van der Waals surface area contributed by atoms with Gasteiger partial charge in [-0.05, 0) is 0 Å². The molecule has 0 fully saturated rings. The second kappa shape index (κ2) is 15.9. The quantitative estimate of drug-likeness (QED) is 0.314. The van der Waals surface area contributed by atoms with E-state index in [1.165, 1.54) is 16.7 Å². The average molecular weight is 461 g/mol. The SMILES string of the molecule is CC(C)(C)[NH-].CC1=[C-]C(C)C(C)=C1C.C[SiH]C.[CH3-].[CH3-].[Hf+4]. The van der Waals surface area contributed by atoms with Gasteiger partial charge in [-0.1, -0.05) is 60.6 Å². The summed E-state index contributed by atoms with van der Waals surface area (Å²) < 4.78 is 0. The molecule has 0 aromatic carbocycles. The van der Waals surface area contributed by atoms with E-state index in [1.807, 2.05) is 20.8 Å². The van der Waals surface area contributed by atoms with Crippen LogP contribution in [0.5, 0.6) is 0 Å². The van der Waals surface area contributed by atoms with Gasteiger partial charge in [0.15, 0.2) is 0 Å². The average Bonchev–Trinajstić information content (AvgIpc) is 2.32. The molecule has 1 radical (unpaired) electrons. The number of allylic oxidation sites excluding steroid dienone is 4. The Morgan fingerprint density at radius 2 is 1.30 bits per heavy atom. The van der Waals surface area contributed by atoms with Gasteiger partial charge in [0.05, 0.1) is 0 Å². The number of hydrogen-bond donors (Lipinski definition) is 0. The molecule has 0 saturated heterocycles. The third kappa shape index (κ3) is 20.8. The van der Waals surface area contributed by atoms with E-state index in [9.17, 15) is 0 Å². The maximum absolute atomic E-state index is 6.94. The van der Waals surface area contributed by atoms with E-state index >= 15 is 0 Å². The van der Waals surface area contributed by atoms with E-state index < -0.39 is 0 Å². The molecule has 3 heteroatoms. The molecule has 0 bridgehead atoms. The van der Waals surface area contributed by atoms with E-state index in [2.05, 4.69) is 46.9 Å². The number of nitrogens with one attached hydrogen (secondary N) is 1. The molecule has 117 valence electrons. The molecule has 1 nitrogen and oxygen atoms in total. The smallest absolute Gasteiger partial charge is 0.673 e.